The van der Waals surface area contributed by atoms with Crippen LogP contribution in [0.4, 0.5) is 0 Å². The zero-order valence-corrected chi connectivity index (χ0v) is 6.20. The topological polar surface area (TPSA) is 46.2 Å². The summed E-state index contributed by atoms with van der Waals surface area (Å²) >= 11 is 0. The molecule has 0 aliphatic carbocycles. The Bertz CT molecular complexity index is 238. The zero-order valence-electron chi connectivity index (χ0n) is 6.20. The van der Waals surface area contributed by atoms with Crippen LogP contribution in [0.2, 0.25) is 0 Å². The predicted octanol–water partition coefficient (Wildman–Crippen LogP) is 1.36. The van der Waals surface area contributed by atoms with Crippen molar-refractivity contribution in [1.82, 2.24) is 0 Å². The van der Waals surface area contributed by atoms with Gasteiger partial charge >= 0.3 is 0 Å². The molecule has 0 saturated carbocycles. The molecule has 0 fully saturated rings. The minimum absolute atomic E-state index is 0.287. The van der Waals surface area contributed by atoms with Crippen LogP contribution >= 0.6 is 0 Å². The predicted molar refractivity (Wildman–Crippen MR) is 46.2 cm³/mol. The Kier molecular flexibility index (Phi) is 2.69. The molecule has 0 aliphatic heterocycles. The van der Waals surface area contributed by atoms with Crippen molar-refractivity contribution in [2.45, 2.75) is 0 Å². The van der Waals surface area contributed by atoms with Crippen molar-refractivity contribution in [3.63, 3.8) is 0 Å². The minimum Gasteiger partial charge on any atom is -0.508 e. The van der Waals surface area contributed by atoms with Crippen molar-refractivity contribution in [3.05, 3.63) is 35.9 Å². The van der Waals surface area contributed by atoms with E-state index < -0.39 is 0 Å². The van der Waals surface area contributed by atoms with Gasteiger partial charge in [0.15, 0.2) is 0 Å². The number of nitrogens with two attached hydrogens (primary N) is 1. The van der Waals surface area contributed by atoms with E-state index in [2.05, 4.69) is 0 Å². The van der Waals surface area contributed by atoms with Crippen LogP contribution in [0.25, 0.3) is 6.08 Å². The van der Waals surface area contributed by atoms with Crippen molar-refractivity contribution in [1.29, 1.82) is 0 Å². The lowest BCUT2D eigenvalue weighted by atomic mass is 10.2. The highest BCUT2D eigenvalue weighted by molar-refractivity contribution is 5.50. The molecule has 11 heavy (non-hydrogen) atoms. The molecule has 0 bridgehead atoms. The average Bonchev–Trinajstić information content (AvgIpc) is 2.04. The molecule has 1 aromatic rings. The molecule has 2 heteroatoms. The van der Waals surface area contributed by atoms with Gasteiger partial charge in [-0.15, -0.1) is 0 Å². The molecule has 0 heterocycles. The molecule has 0 radical (unpaired) electrons. The van der Waals surface area contributed by atoms with Crippen LogP contribution in [0.1, 0.15) is 5.56 Å². The Morgan fingerprint density at radius 2 is 1.91 bits per heavy atom. The maximum atomic E-state index is 8.93. The highest BCUT2D eigenvalue weighted by Gasteiger charge is 1.85. The monoisotopic (exact) mass is 149 g/mol. The fourth-order valence-electron chi connectivity index (χ4n) is 0.790. The van der Waals surface area contributed by atoms with Crippen molar-refractivity contribution >= 4 is 6.08 Å². The first-order valence-electron chi connectivity index (χ1n) is 3.48. The highest BCUT2D eigenvalue weighted by atomic mass is 16.3. The maximum Gasteiger partial charge on any atom is 0.115 e. The van der Waals surface area contributed by atoms with Gasteiger partial charge in [0, 0.05) is 6.54 Å². The van der Waals surface area contributed by atoms with E-state index in [-0.39, 0.29) is 5.75 Å². The molecule has 0 atom stereocenters. The van der Waals surface area contributed by atoms with Crippen molar-refractivity contribution in [3.8, 4) is 5.75 Å². The molecular weight excluding hydrogens is 138 g/mol. The van der Waals surface area contributed by atoms with Crippen molar-refractivity contribution in [2.75, 3.05) is 6.54 Å². The first-order chi connectivity index (χ1) is 5.33. The van der Waals surface area contributed by atoms with E-state index in [1.165, 1.54) is 0 Å². The van der Waals surface area contributed by atoms with Gasteiger partial charge < -0.3 is 10.8 Å². The van der Waals surface area contributed by atoms with Crippen LogP contribution in [0.15, 0.2) is 30.3 Å². The van der Waals surface area contributed by atoms with E-state index in [1.54, 1.807) is 12.1 Å². The van der Waals surface area contributed by atoms with E-state index in [4.69, 9.17) is 10.8 Å². The number of rotatable bonds is 2. The second-order valence-corrected chi connectivity index (χ2v) is 2.23. The summed E-state index contributed by atoms with van der Waals surface area (Å²) in [5.74, 6) is 0.287. The summed E-state index contributed by atoms with van der Waals surface area (Å²) in [6.07, 6.45) is 3.78. The van der Waals surface area contributed by atoms with E-state index in [0.29, 0.717) is 6.54 Å². The van der Waals surface area contributed by atoms with E-state index in [9.17, 15) is 0 Å². The molecule has 58 valence electrons. The van der Waals surface area contributed by atoms with Crippen LogP contribution in [0.5, 0.6) is 5.75 Å². The summed E-state index contributed by atoms with van der Waals surface area (Å²) in [4.78, 5) is 0. The van der Waals surface area contributed by atoms with E-state index in [1.807, 2.05) is 24.3 Å². The van der Waals surface area contributed by atoms with Gasteiger partial charge in [-0.3, -0.25) is 0 Å². The van der Waals surface area contributed by atoms with Gasteiger partial charge in [-0.25, -0.2) is 0 Å². The minimum atomic E-state index is 0.287. The summed E-state index contributed by atoms with van der Waals surface area (Å²) in [5, 5.41) is 8.93. The number of hydrogen-bond acceptors (Lipinski definition) is 2. The van der Waals surface area contributed by atoms with Gasteiger partial charge in [-0.1, -0.05) is 24.3 Å². The molecule has 0 amide bonds. The van der Waals surface area contributed by atoms with Gasteiger partial charge in [-0.05, 0) is 17.7 Å². The molecule has 0 aliphatic rings. The summed E-state index contributed by atoms with van der Waals surface area (Å²) in [6, 6.07) is 6.97. The Hall–Kier alpha value is -1.28. The van der Waals surface area contributed by atoms with Gasteiger partial charge in [0.05, 0.1) is 0 Å². The Balaban J connectivity index is 2.73. The number of phenols is 1. The molecule has 1 aromatic carbocycles. The molecule has 0 unspecified atom stereocenters. The third kappa shape index (κ3) is 2.43. The smallest absolute Gasteiger partial charge is 0.115 e. The lowest BCUT2D eigenvalue weighted by Gasteiger charge is -1.92. The second-order valence-electron chi connectivity index (χ2n) is 2.23. The number of phenolic OH excluding ortho intramolecular Hbond substituents is 1. The van der Waals surface area contributed by atoms with Gasteiger partial charge in [0.2, 0.25) is 0 Å². The molecule has 0 aromatic heterocycles. The molecule has 1 rings (SSSR count). The Morgan fingerprint density at radius 3 is 2.45 bits per heavy atom. The molecule has 0 spiro atoms. The Labute approximate surface area is 66.0 Å². The normalized spacial score (nSPS) is 10.6. The number of hydrogen-bond donors (Lipinski definition) is 2. The van der Waals surface area contributed by atoms with Crippen molar-refractivity contribution in [2.24, 2.45) is 5.73 Å². The van der Waals surface area contributed by atoms with Gasteiger partial charge in [0.25, 0.3) is 0 Å². The maximum absolute atomic E-state index is 8.93. The Morgan fingerprint density at radius 1 is 1.27 bits per heavy atom. The standard InChI is InChI=1S/C9H11NO/c10-7-1-2-8-3-5-9(11)6-4-8/h1-6,11H,7,10H2/b2-1+. The first kappa shape index (κ1) is 7.82. The number of aromatic hydroxyl groups is 1. The first-order valence-corrected chi connectivity index (χ1v) is 3.48. The van der Waals surface area contributed by atoms with Crippen LogP contribution in [-0.4, -0.2) is 11.7 Å². The third-order valence-corrected chi connectivity index (χ3v) is 1.34. The van der Waals surface area contributed by atoms with Gasteiger partial charge in [-0.2, -0.15) is 0 Å². The third-order valence-electron chi connectivity index (χ3n) is 1.34. The quantitative estimate of drug-likeness (QED) is 0.667. The molecular formula is C9H11NO. The summed E-state index contributed by atoms with van der Waals surface area (Å²) in [5.41, 5.74) is 6.32. The number of benzene rings is 1. The fraction of sp³-hybridized carbons (Fsp3) is 0.111. The van der Waals surface area contributed by atoms with E-state index in [0.717, 1.165) is 5.56 Å². The second kappa shape index (κ2) is 3.78. The van der Waals surface area contributed by atoms with Crippen molar-refractivity contribution < 1.29 is 5.11 Å². The summed E-state index contributed by atoms with van der Waals surface area (Å²) in [7, 11) is 0. The SMILES string of the molecule is NC/C=C/c1ccc(O)cc1. The summed E-state index contributed by atoms with van der Waals surface area (Å²) < 4.78 is 0. The molecule has 0 saturated heterocycles. The average molecular weight is 149 g/mol. The van der Waals surface area contributed by atoms with Gasteiger partial charge in [0.1, 0.15) is 5.75 Å². The lowest BCUT2D eigenvalue weighted by Crippen LogP contribution is -1.91. The van der Waals surface area contributed by atoms with Crippen LogP contribution in [0, 0.1) is 0 Å². The lowest BCUT2D eigenvalue weighted by molar-refractivity contribution is 0.475. The fourth-order valence-corrected chi connectivity index (χ4v) is 0.790. The van der Waals surface area contributed by atoms with E-state index >= 15 is 0 Å². The van der Waals surface area contributed by atoms with Crippen LogP contribution < -0.4 is 5.73 Å². The summed E-state index contributed by atoms with van der Waals surface area (Å²) in [6.45, 7) is 0.543. The molecule has 2 nitrogen and oxygen atoms in total. The zero-order chi connectivity index (χ0) is 8.10. The largest absolute Gasteiger partial charge is 0.508 e. The highest BCUT2D eigenvalue weighted by Crippen LogP contribution is 2.10. The molecule has 3 N–H and O–H groups in total. The van der Waals surface area contributed by atoms with Crippen LogP contribution in [0.3, 0.4) is 0 Å². The van der Waals surface area contributed by atoms with Crippen LogP contribution in [-0.2, 0) is 0 Å².